The van der Waals surface area contributed by atoms with Crippen LogP contribution >= 0.6 is 0 Å². The summed E-state index contributed by atoms with van der Waals surface area (Å²) in [4.78, 5) is 26.6. The lowest BCUT2D eigenvalue weighted by molar-refractivity contribution is -0.127. The molecule has 2 N–H and O–H groups in total. The molecule has 1 saturated heterocycles. The number of likely N-dealkylation sites (tertiary alicyclic amines) is 1. The second kappa shape index (κ2) is 7.76. The van der Waals surface area contributed by atoms with Gasteiger partial charge in [-0.25, -0.2) is 0 Å². The van der Waals surface area contributed by atoms with Crippen molar-refractivity contribution < 1.29 is 19.1 Å². The second-order valence-electron chi connectivity index (χ2n) is 7.67. The van der Waals surface area contributed by atoms with Gasteiger partial charge in [0.2, 0.25) is 18.6 Å². The Balaban J connectivity index is 1.21. The summed E-state index contributed by atoms with van der Waals surface area (Å²) in [5.41, 5.74) is 0.987. The van der Waals surface area contributed by atoms with Crippen molar-refractivity contribution in [2.45, 2.75) is 51.2 Å². The molecular weight excluding hydrogens is 346 g/mol. The lowest BCUT2D eigenvalue weighted by Gasteiger charge is -2.35. The summed E-state index contributed by atoms with van der Waals surface area (Å²) >= 11 is 0. The van der Waals surface area contributed by atoms with E-state index in [1.807, 2.05) is 25.1 Å². The molecule has 7 nitrogen and oxygen atoms in total. The molecule has 0 aromatic heterocycles. The molecule has 3 aliphatic rings. The molecule has 1 aromatic carbocycles. The minimum absolute atomic E-state index is 0.0214. The lowest BCUT2D eigenvalue weighted by Crippen LogP contribution is -2.51. The number of carbonyl (C=O) groups excluding carboxylic acids is 2. The zero-order chi connectivity index (χ0) is 18.8. The van der Waals surface area contributed by atoms with E-state index in [9.17, 15) is 9.59 Å². The minimum atomic E-state index is -0.181. The van der Waals surface area contributed by atoms with Crippen molar-refractivity contribution >= 4 is 11.8 Å². The Labute approximate surface area is 159 Å². The van der Waals surface area contributed by atoms with Crippen LogP contribution in [0.5, 0.6) is 11.5 Å². The average Bonchev–Trinajstić information content (AvgIpc) is 3.44. The molecule has 2 amide bonds. The van der Waals surface area contributed by atoms with Crippen molar-refractivity contribution in [2.24, 2.45) is 5.92 Å². The molecule has 0 bridgehead atoms. The van der Waals surface area contributed by atoms with Gasteiger partial charge in [-0.1, -0.05) is 6.07 Å². The molecular formula is C20H27N3O4. The van der Waals surface area contributed by atoms with Gasteiger partial charge in [0.15, 0.2) is 11.5 Å². The van der Waals surface area contributed by atoms with E-state index < -0.39 is 0 Å². The Hall–Kier alpha value is -2.28. The van der Waals surface area contributed by atoms with Crippen LogP contribution in [-0.4, -0.2) is 48.7 Å². The van der Waals surface area contributed by atoms with Crippen LogP contribution in [0.4, 0.5) is 0 Å². The number of amides is 2. The van der Waals surface area contributed by atoms with Crippen LogP contribution < -0.4 is 20.1 Å². The third-order valence-electron chi connectivity index (χ3n) is 5.65. The van der Waals surface area contributed by atoms with Crippen LogP contribution in [0, 0.1) is 5.92 Å². The fourth-order valence-corrected chi connectivity index (χ4v) is 3.65. The van der Waals surface area contributed by atoms with Crippen LogP contribution in [0.2, 0.25) is 0 Å². The Kier molecular flexibility index (Phi) is 5.20. The topological polar surface area (TPSA) is 79.9 Å². The van der Waals surface area contributed by atoms with Crippen molar-refractivity contribution in [1.82, 2.24) is 15.5 Å². The molecule has 1 unspecified atom stereocenters. The van der Waals surface area contributed by atoms with Gasteiger partial charge in [-0.3, -0.25) is 14.5 Å². The molecule has 2 aliphatic heterocycles. The first-order valence-corrected chi connectivity index (χ1v) is 9.81. The van der Waals surface area contributed by atoms with Crippen molar-refractivity contribution in [2.75, 3.05) is 19.9 Å². The third-order valence-corrected chi connectivity index (χ3v) is 5.65. The highest BCUT2D eigenvalue weighted by Gasteiger charge is 2.32. The summed E-state index contributed by atoms with van der Waals surface area (Å²) in [5, 5.41) is 6.16. The number of ether oxygens (including phenoxy) is 2. The highest BCUT2D eigenvalue weighted by Crippen LogP contribution is 2.32. The van der Waals surface area contributed by atoms with E-state index in [0.717, 1.165) is 55.8 Å². The zero-order valence-electron chi connectivity index (χ0n) is 15.7. The maximum absolute atomic E-state index is 12.5. The molecule has 1 aromatic rings. The maximum Gasteiger partial charge on any atom is 0.237 e. The highest BCUT2D eigenvalue weighted by molar-refractivity contribution is 5.81. The Bertz CT molecular complexity index is 711. The average molecular weight is 373 g/mol. The van der Waals surface area contributed by atoms with E-state index in [2.05, 4.69) is 15.5 Å². The molecule has 1 aliphatic carbocycles. The van der Waals surface area contributed by atoms with Gasteiger partial charge in [0.25, 0.3) is 0 Å². The molecule has 2 heterocycles. The Morgan fingerprint density at radius 2 is 1.89 bits per heavy atom. The Morgan fingerprint density at radius 3 is 2.63 bits per heavy atom. The predicted molar refractivity (Wildman–Crippen MR) is 99.3 cm³/mol. The second-order valence-corrected chi connectivity index (χ2v) is 7.67. The summed E-state index contributed by atoms with van der Waals surface area (Å²) in [6.45, 7) is 4.31. The van der Waals surface area contributed by atoms with Crippen LogP contribution in [0.25, 0.3) is 0 Å². The monoisotopic (exact) mass is 373 g/mol. The standard InChI is InChI=1S/C20H27N3O4/c1-13(23-8-6-16(7-9-23)22-20(25)15-3-4-15)19(24)21-11-14-2-5-17-18(10-14)27-12-26-17/h2,5,10,13,15-16H,3-4,6-9,11-12H2,1H3,(H,21,24)(H,22,25). The normalized spacial score (nSPS) is 20.9. The number of nitrogens with one attached hydrogen (secondary N) is 2. The number of hydrogen-bond donors (Lipinski definition) is 2. The lowest BCUT2D eigenvalue weighted by atomic mass is 10.0. The molecule has 0 spiro atoms. The smallest absolute Gasteiger partial charge is 0.237 e. The molecule has 7 heteroatoms. The number of rotatable bonds is 6. The van der Waals surface area contributed by atoms with Crippen LogP contribution in [-0.2, 0) is 16.1 Å². The molecule has 4 rings (SSSR count). The van der Waals surface area contributed by atoms with Crippen LogP contribution in [0.1, 0.15) is 38.2 Å². The van der Waals surface area contributed by atoms with Crippen molar-refractivity contribution in [1.29, 1.82) is 0 Å². The molecule has 1 saturated carbocycles. The zero-order valence-corrected chi connectivity index (χ0v) is 15.7. The van der Waals surface area contributed by atoms with Crippen molar-refractivity contribution in [3.8, 4) is 11.5 Å². The van der Waals surface area contributed by atoms with Gasteiger partial charge in [-0.2, -0.15) is 0 Å². The van der Waals surface area contributed by atoms with Crippen molar-refractivity contribution in [3.05, 3.63) is 23.8 Å². The minimum Gasteiger partial charge on any atom is -0.454 e. The van der Waals surface area contributed by atoms with Gasteiger partial charge in [-0.05, 0) is 50.3 Å². The number of nitrogens with zero attached hydrogens (tertiary/aromatic N) is 1. The van der Waals surface area contributed by atoms with Crippen LogP contribution in [0.15, 0.2) is 18.2 Å². The fraction of sp³-hybridized carbons (Fsp3) is 0.600. The van der Waals surface area contributed by atoms with E-state index in [-0.39, 0.29) is 36.6 Å². The summed E-state index contributed by atoms with van der Waals surface area (Å²) in [5.74, 6) is 1.96. The summed E-state index contributed by atoms with van der Waals surface area (Å²) in [6, 6.07) is 5.78. The quantitative estimate of drug-likeness (QED) is 0.788. The molecule has 146 valence electrons. The first-order valence-electron chi connectivity index (χ1n) is 9.81. The first-order chi connectivity index (χ1) is 13.1. The fourth-order valence-electron chi connectivity index (χ4n) is 3.65. The molecule has 2 fully saturated rings. The SMILES string of the molecule is CC(C(=O)NCc1ccc2c(c1)OCO2)N1CCC(NC(=O)C2CC2)CC1. The van der Waals surface area contributed by atoms with Gasteiger partial charge in [0, 0.05) is 31.6 Å². The molecule has 0 radical (unpaired) electrons. The van der Waals surface area contributed by atoms with Gasteiger partial charge < -0.3 is 20.1 Å². The van der Waals surface area contributed by atoms with E-state index in [0.29, 0.717) is 6.54 Å². The van der Waals surface area contributed by atoms with E-state index >= 15 is 0 Å². The number of piperidine rings is 1. The highest BCUT2D eigenvalue weighted by atomic mass is 16.7. The predicted octanol–water partition coefficient (Wildman–Crippen LogP) is 1.41. The Morgan fingerprint density at radius 1 is 1.15 bits per heavy atom. The van der Waals surface area contributed by atoms with E-state index in [1.54, 1.807) is 0 Å². The largest absolute Gasteiger partial charge is 0.454 e. The van der Waals surface area contributed by atoms with Gasteiger partial charge in [0.1, 0.15) is 0 Å². The van der Waals surface area contributed by atoms with Gasteiger partial charge in [0.05, 0.1) is 6.04 Å². The van der Waals surface area contributed by atoms with Crippen molar-refractivity contribution in [3.63, 3.8) is 0 Å². The molecule has 1 atom stereocenters. The first kappa shape index (κ1) is 18.1. The number of hydrogen-bond acceptors (Lipinski definition) is 5. The van der Waals surface area contributed by atoms with E-state index in [1.165, 1.54) is 0 Å². The maximum atomic E-state index is 12.5. The molecule has 27 heavy (non-hydrogen) atoms. The third kappa shape index (κ3) is 4.35. The number of carbonyl (C=O) groups is 2. The summed E-state index contributed by atoms with van der Waals surface area (Å²) in [6.07, 6.45) is 3.87. The summed E-state index contributed by atoms with van der Waals surface area (Å²) < 4.78 is 10.7. The van der Waals surface area contributed by atoms with E-state index in [4.69, 9.17) is 9.47 Å². The number of benzene rings is 1. The van der Waals surface area contributed by atoms with Gasteiger partial charge in [-0.15, -0.1) is 0 Å². The summed E-state index contributed by atoms with van der Waals surface area (Å²) in [7, 11) is 0. The number of fused-ring (bicyclic) bond motifs is 1. The van der Waals surface area contributed by atoms with Gasteiger partial charge >= 0.3 is 0 Å². The van der Waals surface area contributed by atoms with Crippen LogP contribution in [0.3, 0.4) is 0 Å².